The van der Waals surface area contributed by atoms with Gasteiger partial charge in [0.25, 0.3) is 5.56 Å². The van der Waals surface area contributed by atoms with Crippen molar-refractivity contribution < 1.29 is 4.79 Å². The molecule has 2 aromatic rings. The summed E-state index contributed by atoms with van der Waals surface area (Å²) in [6.45, 7) is 3.72. The largest absolute Gasteiger partial charge is 0.332 e. The highest BCUT2D eigenvalue weighted by molar-refractivity contribution is 8.14. The Labute approximate surface area is 164 Å². The summed E-state index contributed by atoms with van der Waals surface area (Å²) in [5.74, 6) is -0.0128. The van der Waals surface area contributed by atoms with Gasteiger partial charge in [0.2, 0.25) is 5.91 Å². The van der Waals surface area contributed by atoms with E-state index in [0.29, 0.717) is 22.9 Å². The number of carbonyl (C=O) groups excluding carboxylic acids is 1. The van der Waals surface area contributed by atoms with Gasteiger partial charge in [-0.05, 0) is 29.8 Å². The Balaban J connectivity index is 2.14. The van der Waals surface area contributed by atoms with Crippen LogP contribution in [0.2, 0.25) is 5.02 Å². The third-order valence-electron chi connectivity index (χ3n) is 3.86. The zero-order valence-corrected chi connectivity index (χ0v) is 16.4. The van der Waals surface area contributed by atoms with Gasteiger partial charge >= 0.3 is 5.69 Å². The van der Waals surface area contributed by atoms with Crippen LogP contribution < -0.4 is 22.0 Å². The van der Waals surface area contributed by atoms with Gasteiger partial charge in [-0.3, -0.25) is 24.1 Å². The van der Waals surface area contributed by atoms with E-state index in [-0.39, 0.29) is 23.4 Å². The molecule has 1 aromatic heterocycles. The van der Waals surface area contributed by atoms with E-state index >= 15 is 0 Å². The number of thioether (sulfide) groups is 1. The Morgan fingerprint density at radius 2 is 2.04 bits per heavy atom. The molecule has 2 heterocycles. The fourth-order valence-corrected chi connectivity index (χ4v) is 3.79. The van der Waals surface area contributed by atoms with Crippen LogP contribution in [0.25, 0.3) is 0 Å². The molecule has 0 fully saturated rings. The summed E-state index contributed by atoms with van der Waals surface area (Å²) < 4.78 is 2.63. The van der Waals surface area contributed by atoms with Crippen molar-refractivity contribution in [2.24, 2.45) is 5.10 Å². The number of carbonyl (C=O) groups is 1. The van der Waals surface area contributed by atoms with Crippen molar-refractivity contribution in [3.63, 3.8) is 0 Å². The monoisotopic (exact) mass is 407 g/mol. The van der Waals surface area contributed by atoms with Crippen molar-refractivity contribution in [2.45, 2.75) is 38.3 Å². The van der Waals surface area contributed by atoms with E-state index in [0.717, 1.165) is 17.3 Å². The molecule has 2 N–H and O–H groups in total. The minimum atomic E-state index is -0.438. The second kappa shape index (κ2) is 8.01. The van der Waals surface area contributed by atoms with Crippen molar-refractivity contribution in [1.29, 1.82) is 0 Å². The first-order valence-electron chi connectivity index (χ1n) is 8.32. The van der Waals surface area contributed by atoms with Crippen molar-refractivity contribution in [3.05, 3.63) is 55.7 Å². The van der Waals surface area contributed by atoms with Crippen LogP contribution in [-0.2, 0) is 17.9 Å². The molecule has 0 bridgehead atoms. The summed E-state index contributed by atoms with van der Waals surface area (Å²) in [6, 6.07) is 7.19. The lowest BCUT2D eigenvalue weighted by Gasteiger charge is -2.22. The number of amidine groups is 1. The summed E-state index contributed by atoms with van der Waals surface area (Å²) in [7, 11) is 0. The quantitative estimate of drug-likeness (QED) is 0.808. The maximum Gasteiger partial charge on any atom is 0.332 e. The zero-order chi connectivity index (χ0) is 19.6. The van der Waals surface area contributed by atoms with Crippen molar-refractivity contribution in [3.8, 4) is 0 Å². The number of anilines is 1. The molecule has 8 nitrogen and oxygen atoms in total. The van der Waals surface area contributed by atoms with Crippen LogP contribution in [0.5, 0.6) is 0 Å². The van der Waals surface area contributed by atoms with E-state index in [4.69, 9.17) is 11.6 Å². The second-order valence-corrected chi connectivity index (χ2v) is 7.31. The number of aromatic nitrogens is 2. The smallest absolute Gasteiger partial charge is 0.304 e. The molecule has 1 aromatic carbocycles. The molecule has 3 rings (SSSR count). The van der Waals surface area contributed by atoms with Crippen LogP contribution in [-0.4, -0.2) is 20.2 Å². The highest BCUT2D eigenvalue weighted by Crippen LogP contribution is 2.28. The standard InChI is InChI=1S/C17H18ClN5O3S/c1-3-8-22-15(25)13-14(20-21-16(27-13)19-10(2)24)23(17(22)26)9-11-6-4-5-7-12(11)18/h4-7,20H,3,8-9H2,1-2H3,(H,19,21,24). The fraction of sp³-hybridized carbons (Fsp3) is 0.294. The predicted molar refractivity (Wildman–Crippen MR) is 107 cm³/mol. The van der Waals surface area contributed by atoms with E-state index < -0.39 is 11.2 Å². The van der Waals surface area contributed by atoms with Crippen LogP contribution in [0.4, 0.5) is 5.82 Å². The number of rotatable bonds is 4. The van der Waals surface area contributed by atoms with E-state index in [9.17, 15) is 14.4 Å². The number of halogens is 1. The molecule has 1 amide bonds. The fourth-order valence-electron chi connectivity index (χ4n) is 2.67. The van der Waals surface area contributed by atoms with Gasteiger partial charge in [0, 0.05) is 18.5 Å². The van der Waals surface area contributed by atoms with Gasteiger partial charge in [0.15, 0.2) is 11.0 Å². The summed E-state index contributed by atoms with van der Waals surface area (Å²) in [5, 5.41) is 7.37. The molecule has 0 unspecified atom stereocenters. The second-order valence-electron chi connectivity index (χ2n) is 5.91. The number of nitrogens with one attached hydrogen (secondary N) is 2. The van der Waals surface area contributed by atoms with Crippen molar-refractivity contribution in [1.82, 2.24) is 14.5 Å². The van der Waals surface area contributed by atoms with Crippen molar-refractivity contribution >= 4 is 40.3 Å². The Morgan fingerprint density at radius 1 is 1.30 bits per heavy atom. The SMILES string of the molecule is CCCn1c(=O)c2c(n(Cc3ccccc3Cl)c1=O)NN=C(NC(C)=O)S2. The number of fused-ring (bicyclic) bond motifs is 1. The third-order valence-corrected chi connectivity index (χ3v) is 5.19. The van der Waals surface area contributed by atoms with E-state index in [1.807, 2.05) is 19.1 Å². The van der Waals surface area contributed by atoms with Crippen LogP contribution in [0, 0.1) is 0 Å². The number of hydrogen-bond donors (Lipinski definition) is 2. The van der Waals surface area contributed by atoms with Gasteiger partial charge in [0.05, 0.1) is 6.54 Å². The normalized spacial score (nSPS) is 12.8. The van der Waals surface area contributed by atoms with Gasteiger partial charge in [0.1, 0.15) is 4.90 Å². The molecule has 1 aliphatic heterocycles. The summed E-state index contributed by atoms with van der Waals surface area (Å²) in [4.78, 5) is 37.4. The number of nitrogens with zero attached hydrogens (tertiary/aromatic N) is 3. The van der Waals surface area contributed by atoms with Crippen LogP contribution in [0.3, 0.4) is 0 Å². The van der Waals surface area contributed by atoms with Gasteiger partial charge in [-0.2, -0.15) is 0 Å². The number of hydrogen-bond acceptors (Lipinski definition) is 6. The minimum absolute atomic E-state index is 0.184. The topological polar surface area (TPSA) is 97.5 Å². The Morgan fingerprint density at radius 3 is 2.70 bits per heavy atom. The van der Waals surface area contributed by atoms with Crippen LogP contribution >= 0.6 is 23.4 Å². The predicted octanol–water partition coefficient (Wildman–Crippen LogP) is 2.05. The highest BCUT2D eigenvalue weighted by Gasteiger charge is 2.25. The Bertz CT molecular complexity index is 1040. The first-order chi connectivity index (χ1) is 12.9. The number of hydrazone groups is 1. The maximum atomic E-state index is 12.9. The molecule has 0 aliphatic carbocycles. The van der Waals surface area contributed by atoms with Gasteiger partial charge in [-0.15, -0.1) is 5.10 Å². The highest BCUT2D eigenvalue weighted by atomic mass is 35.5. The molecule has 27 heavy (non-hydrogen) atoms. The summed E-state index contributed by atoms with van der Waals surface area (Å²) >= 11 is 7.26. The molecule has 142 valence electrons. The molecular formula is C17H18ClN5O3S. The lowest BCUT2D eigenvalue weighted by atomic mass is 10.2. The Hall–Kier alpha value is -2.52. The molecule has 0 saturated carbocycles. The molecule has 0 atom stereocenters. The summed E-state index contributed by atoms with van der Waals surface area (Å²) in [6.07, 6.45) is 0.630. The van der Waals surface area contributed by atoms with Gasteiger partial charge in [-0.25, -0.2) is 4.79 Å². The van der Waals surface area contributed by atoms with Gasteiger partial charge in [-0.1, -0.05) is 36.7 Å². The van der Waals surface area contributed by atoms with Crippen molar-refractivity contribution in [2.75, 3.05) is 5.43 Å². The van der Waals surface area contributed by atoms with E-state index in [1.54, 1.807) is 12.1 Å². The van der Waals surface area contributed by atoms with E-state index in [1.165, 1.54) is 16.1 Å². The lowest BCUT2D eigenvalue weighted by Crippen LogP contribution is -2.43. The molecule has 0 saturated heterocycles. The number of amides is 1. The average molecular weight is 408 g/mol. The maximum absolute atomic E-state index is 12.9. The molecule has 1 aliphatic rings. The van der Waals surface area contributed by atoms with Gasteiger partial charge < -0.3 is 5.32 Å². The van der Waals surface area contributed by atoms with Crippen LogP contribution in [0.1, 0.15) is 25.8 Å². The first-order valence-corrected chi connectivity index (χ1v) is 9.52. The van der Waals surface area contributed by atoms with E-state index in [2.05, 4.69) is 15.8 Å². The third kappa shape index (κ3) is 3.93. The first kappa shape index (κ1) is 19.2. The number of benzene rings is 1. The molecular weight excluding hydrogens is 390 g/mol. The zero-order valence-electron chi connectivity index (χ0n) is 14.8. The van der Waals surface area contributed by atoms with Crippen LogP contribution in [0.15, 0.2) is 43.9 Å². The Kier molecular flexibility index (Phi) is 5.71. The summed E-state index contributed by atoms with van der Waals surface area (Å²) in [5.41, 5.74) is 2.63. The minimum Gasteiger partial charge on any atom is -0.304 e. The molecule has 0 spiro atoms. The average Bonchev–Trinajstić information content (AvgIpc) is 2.63. The molecule has 10 heteroatoms. The lowest BCUT2D eigenvalue weighted by molar-refractivity contribution is -0.117. The molecule has 0 radical (unpaired) electrons.